The van der Waals surface area contributed by atoms with Gasteiger partial charge in [-0.1, -0.05) is 5.16 Å². The van der Waals surface area contributed by atoms with Crippen molar-refractivity contribution in [2.45, 2.75) is 32.9 Å². The van der Waals surface area contributed by atoms with E-state index in [9.17, 15) is 13.6 Å². The summed E-state index contributed by atoms with van der Waals surface area (Å²) in [7, 11) is 0. The van der Waals surface area contributed by atoms with E-state index in [1.165, 1.54) is 24.3 Å². The first kappa shape index (κ1) is 17.6. The van der Waals surface area contributed by atoms with Gasteiger partial charge in [-0.3, -0.25) is 0 Å². The zero-order valence-corrected chi connectivity index (χ0v) is 15.4. The zero-order valence-electron chi connectivity index (χ0n) is 14.6. The van der Waals surface area contributed by atoms with Crippen molar-refractivity contribution in [3.63, 3.8) is 0 Å². The summed E-state index contributed by atoms with van der Waals surface area (Å²) in [4.78, 5) is 18.6. The van der Waals surface area contributed by atoms with E-state index in [-0.39, 0.29) is 17.3 Å². The minimum atomic E-state index is -0.996. The van der Waals surface area contributed by atoms with Crippen LogP contribution in [0.4, 0.5) is 19.3 Å². The molecule has 1 aliphatic heterocycles. The van der Waals surface area contributed by atoms with E-state index in [1.807, 2.05) is 12.3 Å². The van der Waals surface area contributed by atoms with Gasteiger partial charge in [-0.15, -0.1) is 11.3 Å². The molecule has 0 radical (unpaired) electrons. The summed E-state index contributed by atoms with van der Waals surface area (Å²) in [6.07, 6.45) is 0.535. The molecule has 1 atom stereocenters. The average Bonchev–Trinajstić information content (AvgIpc) is 3.27. The Kier molecular flexibility index (Phi) is 4.39. The predicted molar refractivity (Wildman–Crippen MR) is 96.4 cm³/mol. The second-order valence-electron chi connectivity index (χ2n) is 6.51. The minimum Gasteiger partial charge on any atom is -0.354 e. The van der Waals surface area contributed by atoms with Gasteiger partial charge in [0.15, 0.2) is 17.4 Å². The Labute approximate surface area is 157 Å². The number of rotatable bonds is 2. The van der Waals surface area contributed by atoms with Crippen LogP contribution in [0.1, 0.15) is 23.7 Å². The fourth-order valence-electron chi connectivity index (χ4n) is 3.17. The van der Waals surface area contributed by atoms with Crippen molar-refractivity contribution < 1.29 is 18.1 Å². The molecule has 2 aromatic heterocycles. The number of aromatic nitrogens is 2. The summed E-state index contributed by atoms with van der Waals surface area (Å²) in [5.41, 5.74) is 4.34. The molecule has 0 unspecified atom stereocenters. The number of fused-ring (bicyclic) bond motifs is 1. The molecular weight excluding hydrogens is 374 g/mol. The normalized spacial score (nSPS) is 16.3. The Morgan fingerprint density at radius 2 is 2.22 bits per heavy atom. The highest BCUT2D eigenvalue weighted by atomic mass is 32.1. The second-order valence-corrected chi connectivity index (χ2v) is 7.23. The third-order valence-electron chi connectivity index (χ3n) is 4.61. The molecule has 0 spiro atoms. The van der Waals surface area contributed by atoms with Gasteiger partial charge in [-0.2, -0.15) is 0 Å². The molecule has 0 aliphatic carbocycles. The quantitative estimate of drug-likeness (QED) is 0.706. The molecule has 1 aromatic carbocycles. The van der Waals surface area contributed by atoms with Gasteiger partial charge in [-0.05, 0) is 25.5 Å². The Balaban J connectivity index is 1.58. The van der Waals surface area contributed by atoms with Gasteiger partial charge in [0.1, 0.15) is 5.69 Å². The fraction of sp³-hybridized carbons (Fsp3) is 0.278. The Hall–Kier alpha value is -2.81. The number of urea groups is 1. The largest absolute Gasteiger partial charge is 0.354 e. The number of hydrogen-bond donors (Lipinski definition) is 1. The summed E-state index contributed by atoms with van der Waals surface area (Å²) < 4.78 is 32.5. The van der Waals surface area contributed by atoms with Gasteiger partial charge in [0.25, 0.3) is 0 Å². The van der Waals surface area contributed by atoms with Crippen molar-refractivity contribution in [2.24, 2.45) is 0 Å². The number of nitrogens with one attached hydrogen (secondary N) is 1. The number of hydrogen-bond acceptors (Lipinski definition) is 5. The van der Waals surface area contributed by atoms with Crippen LogP contribution in [0.5, 0.6) is 0 Å². The third kappa shape index (κ3) is 3.18. The molecular formula is C18H16F2N4O2S. The van der Waals surface area contributed by atoms with Crippen LogP contribution in [0.3, 0.4) is 0 Å². The van der Waals surface area contributed by atoms with Crippen molar-refractivity contribution in [1.29, 1.82) is 0 Å². The molecule has 0 saturated carbocycles. The molecule has 3 heterocycles. The molecule has 1 aliphatic rings. The lowest BCUT2D eigenvalue weighted by atomic mass is 9.99. The standard InChI is InChI=1S/C18H16F2N4O2S/c1-9-3-11(5-13(19)16(9)20)22-18(25)24-6-12-14(4-10(24)2)23-26-17(12)15-7-27-8-21-15/h3,5,7-8,10H,4,6H2,1-2H3,(H,22,25)/t10-/m0/s1. The highest BCUT2D eigenvalue weighted by Crippen LogP contribution is 2.32. The number of anilines is 1. The smallest absolute Gasteiger partial charge is 0.322 e. The SMILES string of the molecule is Cc1cc(NC(=O)N2Cc3c(noc3-c3cscn3)C[C@@H]2C)cc(F)c1F. The summed E-state index contributed by atoms with van der Waals surface area (Å²) in [6, 6.07) is 1.85. The second kappa shape index (κ2) is 6.73. The van der Waals surface area contributed by atoms with Gasteiger partial charge in [0, 0.05) is 35.2 Å². The number of amides is 2. The molecule has 6 nitrogen and oxygen atoms in total. The van der Waals surface area contributed by atoms with Gasteiger partial charge in [0.05, 0.1) is 17.7 Å². The van der Waals surface area contributed by atoms with E-state index in [0.29, 0.717) is 24.4 Å². The molecule has 0 fully saturated rings. The molecule has 0 bridgehead atoms. The number of benzene rings is 1. The van der Waals surface area contributed by atoms with E-state index in [4.69, 9.17) is 4.52 Å². The zero-order chi connectivity index (χ0) is 19.1. The Bertz CT molecular complexity index is 980. The number of carbonyl (C=O) groups excluding carboxylic acids is 1. The van der Waals surface area contributed by atoms with Gasteiger partial charge in [-0.25, -0.2) is 18.6 Å². The molecule has 27 heavy (non-hydrogen) atoms. The lowest BCUT2D eigenvalue weighted by molar-refractivity contribution is 0.182. The Morgan fingerprint density at radius 1 is 1.41 bits per heavy atom. The van der Waals surface area contributed by atoms with Crippen LogP contribution in [-0.2, 0) is 13.0 Å². The van der Waals surface area contributed by atoms with Crippen molar-refractivity contribution >= 4 is 23.1 Å². The molecule has 0 saturated heterocycles. The summed E-state index contributed by atoms with van der Waals surface area (Å²) in [6.45, 7) is 3.64. The monoisotopic (exact) mass is 390 g/mol. The number of halogens is 2. The number of thiazole rings is 1. The lowest BCUT2D eigenvalue weighted by Gasteiger charge is -2.32. The van der Waals surface area contributed by atoms with E-state index >= 15 is 0 Å². The molecule has 2 amide bonds. The van der Waals surface area contributed by atoms with Crippen LogP contribution in [-0.4, -0.2) is 27.1 Å². The van der Waals surface area contributed by atoms with Crippen LogP contribution in [0.2, 0.25) is 0 Å². The van der Waals surface area contributed by atoms with E-state index in [2.05, 4.69) is 15.5 Å². The van der Waals surface area contributed by atoms with E-state index in [0.717, 1.165) is 17.3 Å². The molecule has 1 N–H and O–H groups in total. The van der Waals surface area contributed by atoms with Crippen molar-refractivity contribution in [2.75, 3.05) is 5.32 Å². The average molecular weight is 390 g/mol. The maximum Gasteiger partial charge on any atom is 0.322 e. The van der Waals surface area contributed by atoms with E-state index < -0.39 is 17.7 Å². The van der Waals surface area contributed by atoms with Crippen LogP contribution in [0.15, 0.2) is 27.5 Å². The van der Waals surface area contributed by atoms with Gasteiger partial charge < -0.3 is 14.7 Å². The molecule has 9 heteroatoms. The lowest BCUT2D eigenvalue weighted by Crippen LogP contribution is -2.44. The summed E-state index contributed by atoms with van der Waals surface area (Å²) in [5.74, 6) is -1.36. The third-order valence-corrected chi connectivity index (χ3v) is 5.19. The van der Waals surface area contributed by atoms with Gasteiger partial charge in [0.2, 0.25) is 0 Å². The highest BCUT2D eigenvalue weighted by Gasteiger charge is 2.32. The maximum atomic E-state index is 13.6. The minimum absolute atomic E-state index is 0.128. The Morgan fingerprint density at radius 3 is 2.93 bits per heavy atom. The van der Waals surface area contributed by atoms with Crippen LogP contribution in [0.25, 0.3) is 11.5 Å². The van der Waals surface area contributed by atoms with Crippen molar-refractivity contribution in [3.8, 4) is 11.5 Å². The number of carbonyl (C=O) groups is 1. The van der Waals surface area contributed by atoms with Crippen LogP contribution >= 0.6 is 11.3 Å². The van der Waals surface area contributed by atoms with Crippen LogP contribution < -0.4 is 5.32 Å². The summed E-state index contributed by atoms with van der Waals surface area (Å²) in [5, 5.41) is 8.61. The summed E-state index contributed by atoms with van der Waals surface area (Å²) >= 11 is 1.44. The molecule has 140 valence electrons. The first-order valence-electron chi connectivity index (χ1n) is 8.33. The van der Waals surface area contributed by atoms with Crippen LogP contribution in [0, 0.1) is 18.6 Å². The highest BCUT2D eigenvalue weighted by molar-refractivity contribution is 7.07. The van der Waals surface area contributed by atoms with E-state index in [1.54, 1.807) is 10.4 Å². The number of aryl methyl sites for hydroxylation is 1. The topological polar surface area (TPSA) is 71.3 Å². The molecule has 4 rings (SSSR count). The maximum absolute atomic E-state index is 13.6. The predicted octanol–water partition coefficient (Wildman–Crippen LogP) is 4.36. The first-order chi connectivity index (χ1) is 12.9. The molecule has 3 aromatic rings. The first-order valence-corrected chi connectivity index (χ1v) is 9.27. The number of nitrogens with zero attached hydrogens (tertiary/aromatic N) is 3. The van der Waals surface area contributed by atoms with Crippen molar-refractivity contribution in [1.82, 2.24) is 15.0 Å². The van der Waals surface area contributed by atoms with Gasteiger partial charge >= 0.3 is 6.03 Å². The fourth-order valence-corrected chi connectivity index (χ4v) is 3.71. The van der Waals surface area contributed by atoms with Crippen molar-refractivity contribution in [3.05, 3.63) is 51.5 Å².